The summed E-state index contributed by atoms with van der Waals surface area (Å²) in [5.41, 5.74) is 0. The molecule has 1 fully saturated rings. The van der Waals surface area contributed by atoms with Crippen LogP contribution in [-0.2, 0) is 38.1 Å². The Balaban J connectivity index is 1.69. The number of hydrogen-bond acceptors (Lipinski definition) is 9. The van der Waals surface area contributed by atoms with Gasteiger partial charge in [0.2, 0.25) is 5.91 Å². The number of carbonyl (C=O) groups excluding carboxylic acids is 3. The van der Waals surface area contributed by atoms with E-state index in [-0.39, 0.29) is 24.3 Å². The molecule has 0 unspecified atom stereocenters. The minimum Gasteiger partial charge on any atom is -0.480 e. The molecule has 0 aromatic rings. The third-order valence-corrected chi connectivity index (χ3v) is 5.74. The number of nitrogens with zero attached hydrogens (tertiary/aromatic N) is 3. The van der Waals surface area contributed by atoms with Gasteiger partial charge in [-0.2, -0.15) is 0 Å². The molecule has 0 saturated carbocycles. The Hall–Kier alpha value is -2.38. The summed E-state index contributed by atoms with van der Waals surface area (Å²) in [5, 5.41) is 9.04. The van der Waals surface area contributed by atoms with Gasteiger partial charge in [0.25, 0.3) is 11.8 Å². The van der Waals surface area contributed by atoms with Crippen LogP contribution < -0.4 is 0 Å². The summed E-state index contributed by atoms with van der Waals surface area (Å²) in [6.45, 7) is 5.18. The number of imide groups is 1. The van der Waals surface area contributed by atoms with E-state index < -0.39 is 5.97 Å². The number of unbranched alkanes of at least 4 members (excludes halogenated alkanes) is 2. The molecule has 3 amide bonds. The molecule has 0 atom stereocenters. The van der Waals surface area contributed by atoms with Crippen LogP contribution in [0.5, 0.6) is 0 Å². The number of amides is 3. The van der Waals surface area contributed by atoms with Crippen molar-refractivity contribution in [1.29, 1.82) is 0 Å². The fourth-order valence-electron chi connectivity index (χ4n) is 3.74. The highest BCUT2D eigenvalue weighted by Crippen LogP contribution is 2.09. The number of carboxylic acids is 1. The Labute approximate surface area is 212 Å². The largest absolute Gasteiger partial charge is 0.480 e. The van der Waals surface area contributed by atoms with Crippen LogP contribution in [0.3, 0.4) is 0 Å². The lowest BCUT2D eigenvalue weighted by atomic mass is 10.1. The fourth-order valence-corrected chi connectivity index (χ4v) is 3.74. The van der Waals surface area contributed by atoms with E-state index in [0.717, 1.165) is 6.42 Å². The van der Waals surface area contributed by atoms with Crippen LogP contribution in [-0.4, -0.2) is 136 Å². The van der Waals surface area contributed by atoms with Gasteiger partial charge in [-0.15, -0.1) is 0 Å². The SMILES string of the molecule is O=C(O)CN1CCOCCOCCN(C(=O)CCCCCN2C(=O)C=CC2=O)CCOCCOCC1. The van der Waals surface area contributed by atoms with Gasteiger partial charge in [0, 0.05) is 51.3 Å². The fraction of sp³-hybridized carbons (Fsp3) is 0.750. The highest BCUT2D eigenvalue weighted by Gasteiger charge is 2.22. The highest BCUT2D eigenvalue weighted by atomic mass is 16.5. The number of carbonyl (C=O) groups is 4. The van der Waals surface area contributed by atoms with Crippen LogP contribution in [0.15, 0.2) is 12.2 Å². The minimum atomic E-state index is -0.893. The van der Waals surface area contributed by atoms with Crippen LogP contribution in [0.25, 0.3) is 0 Å². The average molecular weight is 514 g/mol. The predicted octanol–water partition coefficient (Wildman–Crippen LogP) is -0.233. The summed E-state index contributed by atoms with van der Waals surface area (Å²) in [4.78, 5) is 51.6. The van der Waals surface area contributed by atoms with E-state index in [1.54, 1.807) is 9.80 Å². The molecule has 0 aliphatic carbocycles. The molecule has 2 heterocycles. The Morgan fingerprint density at radius 2 is 1.22 bits per heavy atom. The molecule has 0 spiro atoms. The normalized spacial score (nSPS) is 20.3. The Kier molecular flexibility index (Phi) is 14.9. The zero-order valence-corrected chi connectivity index (χ0v) is 20.9. The quantitative estimate of drug-likeness (QED) is 0.342. The Bertz CT molecular complexity index is 694. The molecule has 204 valence electrons. The third-order valence-electron chi connectivity index (χ3n) is 5.74. The van der Waals surface area contributed by atoms with Crippen molar-refractivity contribution < 1.29 is 43.2 Å². The maximum Gasteiger partial charge on any atom is 0.317 e. The molecule has 0 aromatic heterocycles. The first-order chi connectivity index (χ1) is 17.5. The summed E-state index contributed by atoms with van der Waals surface area (Å²) in [7, 11) is 0. The summed E-state index contributed by atoms with van der Waals surface area (Å²) in [5.74, 6) is -1.45. The summed E-state index contributed by atoms with van der Waals surface area (Å²) in [6.07, 6.45) is 4.99. The topological polar surface area (TPSA) is 135 Å². The lowest BCUT2D eigenvalue weighted by Crippen LogP contribution is -2.37. The Morgan fingerprint density at radius 1 is 0.722 bits per heavy atom. The van der Waals surface area contributed by atoms with Gasteiger partial charge in [-0.05, 0) is 12.8 Å². The molecule has 2 aliphatic heterocycles. The smallest absolute Gasteiger partial charge is 0.317 e. The lowest BCUT2D eigenvalue weighted by molar-refractivity contribution is -0.139. The zero-order chi connectivity index (χ0) is 26.0. The summed E-state index contributed by atoms with van der Waals surface area (Å²) >= 11 is 0. The molecule has 0 aromatic carbocycles. The van der Waals surface area contributed by atoms with Crippen molar-refractivity contribution in [3.8, 4) is 0 Å². The van der Waals surface area contributed by atoms with Crippen molar-refractivity contribution in [1.82, 2.24) is 14.7 Å². The molecule has 36 heavy (non-hydrogen) atoms. The summed E-state index contributed by atoms with van der Waals surface area (Å²) in [6, 6.07) is 0. The summed E-state index contributed by atoms with van der Waals surface area (Å²) < 4.78 is 22.3. The average Bonchev–Trinajstić information content (AvgIpc) is 3.16. The highest BCUT2D eigenvalue weighted by molar-refractivity contribution is 6.12. The molecule has 1 N–H and O–H groups in total. The number of hydrogen-bond donors (Lipinski definition) is 1. The van der Waals surface area contributed by atoms with Gasteiger partial charge >= 0.3 is 5.97 Å². The van der Waals surface area contributed by atoms with Gasteiger partial charge in [0.1, 0.15) is 0 Å². The van der Waals surface area contributed by atoms with E-state index in [1.807, 2.05) is 0 Å². The molecule has 0 radical (unpaired) electrons. The van der Waals surface area contributed by atoms with Gasteiger partial charge in [-0.3, -0.25) is 29.0 Å². The van der Waals surface area contributed by atoms with Gasteiger partial charge in [0.05, 0.1) is 59.4 Å². The molecule has 0 bridgehead atoms. The molecule has 12 heteroatoms. The number of carboxylic acid groups (broad SMARTS) is 1. The first-order valence-corrected chi connectivity index (χ1v) is 12.5. The second-order valence-corrected chi connectivity index (χ2v) is 8.47. The first kappa shape index (κ1) is 29.8. The van der Waals surface area contributed by atoms with Crippen LogP contribution in [0, 0.1) is 0 Å². The van der Waals surface area contributed by atoms with Crippen LogP contribution in [0.1, 0.15) is 25.7 Å². The minimum absolute atomic E-state index is 0.0117. The van der Waals surface area contributed by atoms with Crippen molar-refractivity contribution in [3.63, 3.8) is 0 Å². The van der Waals surface area contributed by atoms with E-state index in [4.69, 9.17) is 24.1 Å². The van der Waals surface area contributed by atoms with E-state index >= 15 is 0 Å². The van der Waals surface area contributed by atoms with E-state index in [9.17, 15) is 19.2 Å². The van der Waals surface area contributed by atoms with Crippen LogP contribution >= 0.6 is 0 Å². The zero-order valence-electron chi connectivity index (χ0n) is 20.9. The van der Waals surface area contributed by atoms with Crippen LogP contribution in [0.2, 0.25) is 0 Å². The molecule has 2 aliphatic rings. The molecular weight excluding hydrogens is 474 g/mol. The van der Waals surface area contributed by atoms with Crippen molar-refractivity contribution in [2.75, 3.05) is 92.1 Å². The monoisotopic (exact) mass is 513 g/mol. The Morgan fingerprint density at radius 3 is 1.72 bits per heavy atom. The maximum atomic E-state index is 12.7. The predicted molar refractivity (Wildman–Crippen MR) is 128 cm³/mol. The third kappa shape index (κ3) is 12.5. The van der Waals surface area contributed by atoms with Crippen LogP contribution in [0.4, 0.5) is 0 Å². The lowest BCUT2D eigenvalue weighted by Gasteiger charge is -2.23. The number of rotatable bonds is 8. The van der Waals surface area contributed by atoms with Crippen molar-refractivity contribution in [2.45, 2.75) is 25.7 Å². The molecular formula is C24H39N3O9. The number of aliphatic carboxylic acids is 1. The maximum absolute atomic E-state index is 12.7. The van der Waals surface area contributed by atoms with Gasteiger partial charge in [-0.1, -0.05) is 6.42 Å². The molecule has 1 saturated heterocycles. The van der Waals surface area contributed by atoms with E-state index in [2.05, 4.69) is 0 Å². The van der Waals surface area contributed by atoms with Gasteiger partial charge in [-0.25, -0.2) is 0 Å². The standard InChI is InChI=1S/C24H39N3O9/c28-21(4-2-1-3-7-27-22(29)5-6-23(27)30)26-10-14-35-18-16-33-12-8-25(20-24(31)32)9-13-34-17-19-36-15-11-26/h5-6H,1-4,7-20H2,(H,31,32). The van der Waals surface area contributed by atoms with Gasteiger partial charge < -0.3 is 29.0 Å². The second kappa shape index (κ2) is 18.0. The number of ether oxygens (including phenoxy) is 4. The first-order valence-electron chi connectivity index (χ1n) is 12.5. The molecule has 12 nitrogen and oxygen atoms in total. The molecule has 2 rings (SSSR count). The van der Waals surface area contributed by atoms with Crippen molar-refractivity contribution >= 4 is 23.7 Å². The van der Waals surface area contributed by atoms with Gasteiger partial charge in [0.15, 0.2) is 0 Å². The van der Waals surface area contributed by atoms with E-state index in [0.29, 0.717) is 105 Å². The van der Waals surface area contributed by atoms with Crippen molar-refractivity contribution in [3.05, 3.63) is 12.2 Å². The van der Waals surface area contributed by atoms with Crippen molar-refractivity contribution in [2.24, 2.45) is 0 Å². The second-order valence-electron chi connectivity index (χ2n) is 8.47. The van der Waals surface area contributed by atoms with E-state index in [1.165, 1.54) is 17.1 Å².